The maximum atomic E-state index is 15.0. The normalized spacial score (nSPS) is 14.0. The number of methoxy groups -OCH3 is 1. The van der Waals surface area contributed by atoms with Gasteiger partial charge in [0.1, 0.15) is 0 Å². The summed E-state index contributed by atoms with van der Waals surface area (Å²) in [5.74, 6) is -1.42. The van der Waals surface area contributed by atoms with Crippen LogP contribution in [0, 0.1) is 5.82 Å². The van der Waals surface area contributed by atoms with Crippen LogP contribution in [0.1, 0.15) is 59.5 Å². The van der Waals surface area contributed by atoms with Crippen LogP contribution in [-0.4, -0.2) is 62.2 Å². The van der Waals surface area contributed by atoms with Gasteiger partial charge in [0.15, 0.2) is 11.5 Å². The smallest absolute Gasteiger partial charge is 0.278 e. The summed E-state index contributed by atoms with van der Waals surface area (Å²) < 4.78 is 49.2. The van der Waals surface area contributed by atoms with Crippen LogP contribution >= 0.6 is 11.6 Å². The molecule has 0 saturated carbocycles. The Morgan fingerprint density at radius 3 is 2.56 bits per heavy atom. The summed E-state index contributed by atoms with van der Waals surface area (Å²) in [6, 6.07) is 1.71. The fourth-order valence-corrected chi connectivity index (χ4v) is 4.80. The molecule has 4 aromatic rings. The molecule has 5 rings (SSSR count). The van der Waals surface area contributed by atoms with Crippen LogP contribution in [0.15, 0.2) is 43.1 Å². The van der Waals surface area contributed by atoms with E-state index >= 15 is 0 Å². The quantitative estimate of drug-likeness (QED) is 0.258. The number of rotatable bonds is 9. The van der Waals surface area contributed by atoms with Crippen LogP contribution in [0.5, 0.6) is 0 Å². The third-order valence-corrected chi connectivity index (χ3v) is 7.37. The zero-order valence-electron chi connectivity index (χ0n) is 23.3. The summed E-state index contributed by atoms with van der Waals surface area (Å²) in [4.78, 5) is 45.5. The van der Waals surface area contributed by atoms with E-state index in [4.69, 9.17) is 16.3 Å². The number of anilines is 2. The van der Waals surface area contributed by atoms with E-state index in [-0.39, 0.29) is 40.7 Å². The zero-order chi connectivity index (χ0) is 30.8. The largest absolute Gasteiger partial charge is 0.378 e. The third kappa shape index (κ3) is 5.92. The number of nitrogens with zero attached hydrogens (tertiary/aromatic N) is 8. The highest BCUT2D eigenvalue weighted by atomic mass is 35.5. The van der Waals surface area contributed by atoms with Gasteiger partial charge in [0.05, 0.1) is 47.1 Å². The highest BCUT2D eigenvalue weighted by Crippen LogP contribution is 2.36. The molecule has 0 aliphatic carbocycles. The molecule has 1 fully saturated rings. The summed E-state index contributed by atoms with van der Waals surface area (Å²) in [6.07, 6.45) is 5.63. The number of carbonyl (C=O) groups is 2. The van der Waals surface area contributed by atoms with Crippen LogP contribution in [-0.2, 0) is 16.1 Å². The summed E-state index contributed by atoms with van der Waals surface area (Å²) in [7, 11) is 2.87. The van der Waals surface area contributed by atoms with Gasteiger partial charge in [0.2, 0.25) is 11.9 Å². The second-order valence-electron chi connectivity index (χ2n) is 9.79. The van der Waals surface area contributed by atoms with E-state index in [2.05, 4.69) is 25.0 Å². The minimum atomic E-state index is -3.03. The molecule has 0 spiro atoms. The summed E-state index contributed by atoms with van der Waals surface area (Å²) in [6.45, 7) is 2.33. The molecule has 1 aliphatic rings. The number of aromatic nitrogens is 6. The molecule has 43 heavy (non-hydrogen) atoms. The highest BCUT2D eigenvalue weighted by Gasteiger charge is 2.27. The van der Waals surface area contributed by atoms with E-state index in [1.165, 1.54) is 25.3 Å². The van der Waals surface area contributed by atoms with Crippen molar-refractivity contribution in [3.63, 3.8) is 0 Å². The molecule has 224 valence electrons. The summed E-state index contributed by atoms with van der Waals surface area (Å²) in [5, 5.41) is 4.00. The lowest BCUT2D eigenvalue weighted by atomic mass is 10.0. The van der Waals surface area contributed by atoms with Gasteiger partial charge in [-0.1, -0.05) is 17.7 Å². The van der Waals surface area contributed by atoms with Crippen LogP contribution in [0.3, 0.4) is 0 Å². The van der Waals surface area contributed by atoms with Crippen molar-refractivity contribution < 1.29 is 27.5 Å². The number of benzene rings is 1. The first-order valence-electron chi connectivity index (χ1n) is 13.2. The Morgan fingerprint density at radius 2 is 1.91 bits per heavy atom. The van der Waals surface area contributed by atoms with Gasteiger partial charge in [-0.15, -0.1) is 0 Å². The van der Waals surface area contributed by atoms with Crippen LogP contribution in [0.25, 0.3) is 11.3 Å². The SMILES string of the molecule is COCc1ncc(-c2c(C(F)F)ccc(Cl)c2F)nc1C(=O)N(C)c1cnn([C@@H](C)c2cnc(N3CCCC3=O)nc2)c1. The first-order chi connectivity index (χ1) is 20.6. The molecule has 11 nitrogen and oxygen atoms in total. The van der Waals surface area contributed by atoms with Crippen molar-refractivity contribution in [1.29, 1.82) is 0 Å². The molecule has 0 bridgehead atoms. The van der Waals surface area contributed by atoms with Gasteiger partial charge < -0.3 is 9.64 Å². The van der Waals surface area contributed by atoms with Crippen molar-refractivity contribution in [2.24, 2.45) is 0 Å². The Balaban J connectivity index is 1.42. The molecule has 2 amide bonds. The Bertz CT molecular complexity index is 1670. The van der Waals surface area contributed by atoms with E-state index in [9.17, 15) is 22.8 Å². The van der Waals surface area contributed by atoms with E-state index in [1.54, 1.807) is 28.2 Å². The topological polar surface area (TPSA) is 119 Å². The monoisotopic (exact) mass is 614 g/mol. The van der Waals surface area contributed by atoms with Gasteiger partial charge in [-0.25, -0.2) is 28.1 Å². The van der Waals surface area contributed by atoms with Crippen LogP contribution < -0.4 is 9.80 Å². The molecule has 4 heterocycles. The Morgan fingerprint density at radius 1 is 1.16 bits per heavy atom. The van der Waals surface area contributed by atoms with Gasteiger partial charge >= 0.3 is 0 Å². The lowest BCUT2D eigenvalue weighted by Crippen LogP contribution is -2.29. The second-order valence-corrected chi connectivity index (χ2v) is 10.2. The second kappa shape index (κ2) is 12.4. The highest BCUT2D eigenvalue weighted by molar-refractivity contribution is 6.31. The third-order valence-electron chi connectivity index (χ3n) is 7.08. The first-order valence-corrected chi connectivity index (χ1v) is 13.5. The van der Waals surface area contributed by atoms with E-state index in [0.29, 0.717) is 24.6 Å². The predicted octanol–water partition coefficient (Wildman–Crippen LogP) is 5.02. The lowest BCUT2D eigenvalue weighted by Gasteiger charge is -2.18. The zero-order valence-corrected chi connectivity index (χ0v) is 24.1. The number of alkyl halides is 2. The predicted molar refractivity (Wildman–Crippen MR) is 150 cm³/mol. The average Bonchev–Trinajstić information content (AvgIpc) is 3.67. The molecule has 1 saturated heterocycles. The number of amides is 2. The van der Waals surface area contributed by atoms with Gasteiger partial charge in [-0.3, -0.25) is 24.2 Å². The van der Waals surface area contributed by atoms with Gasteiger partial charge in [-0.05, 0) is 19.4 Å². The van der Waals surface area contributed by atoms with E-state index in [1.807, 2.05) is 6.92 Å². The standard InChI is InChI=1S/C28H26ClF3N8O3/c1-15(16-9-34-28(35-10-16)39-8-4-5-22(39)41)40-13-17(11-36-40)38(2)27(42)25-21(14-43-3)33-12-20(37-25)23-18(26(31)32)6-7-19(29)24(23)30/h6-7,9-13,15,26H,4-5,8,14H2,1-3H3/t15-/m0/s1. The van der Waals surface area contributed by atoms with Crippen molar-refractivity contribution in [1.82, 2.24) is 29.7 Å². The molecule has 0 radical (unpaired) electrons. The molecule has 0 N–H and O–H groups in total. The van der Waals surface area contributed by atoms with Crippen molar-refractivity contribution in [3.8, 4) is 11.3 Å². The molecule has 3 aromatic heterocycles. The Kier molecular flexibility index (Phi) is 8.69. The number of halogens is 4. The summed E-state index contributed by atoms with van der Waals surface area (Å²) in [5.41, 5.74) is -0.453. The van der Waals surface area contributed by atoms with Gasteiger partial charge in [0.25, 0.3) is 12.3 Å². The minimum Gasteiger partial charge on any atom is -0.378 e. The number of hydrogen-bond acceptors (Lipinski definition) is 8. The maximum Gasteiger partial charge on any atom is 0.278 e. The van der Waals surface area contributed by atoms with Crippen LogP contribution in [0.2, 0.25) is 5.02 Å². The lowest BCUT2D eigenvalue weighted by molar-refractivity contribution is -0.117. The molecule has 15 heteroatoms. The van der Waals surface area contributed by atoms with Crippen molar-refractivity contribution in [2.75, 3.05) is 30.5 Å². The van der Waals surface area contributed by atoms with Gasteiger partial charge in [-0.2, -0.15) is 5.10 Å². The molecular weight excluding hydrogens is 589 g/mol. The molecule has 0 unspecified atom stereocenters. The molecule has 1 aromatic carbocycles. The number of hydrogen-bond donors (Lipinski definition) is 0. The van der Waals surface area contributed by atoms with E-state index in [0.717, 1.165) is 30.3 Å². The minimum absolute atomic E-state index is 0.0127. The molecule has 1 atom stereocenters. The molecule has 1 aliphatic heterocycles. The maximum absolute atomic E-state index is 15.0. The van der Waals surface area contributed by atoms with Crippen LogP contribution in [0.4, 0.5) is 24.8 Å². The Hall–Kier alpha value is -4.43. The molecular formula is C28H26ClF3N8O3. The van der Waals surface area contributed by atoms with Crippen molar-refractivity contribution in [2.45, 2.75) is 38.8 Å². The summed E-state index contributed by atoms with van der Waals surface area (Å²) >= 11 is 5.87. The Labute approximate surface area is 249 Å². The number of carbonyl (C=O) groups excluding carboxylic acids is 2. The number of ether oxygens (including phenoxy) is 1. The fraction of sp³-hybridized carbons (Fsp3) is 0.321. The van der Waals surface area contributed by atoms with Gasteiger partial charge in [0, 0.05) is 62.4 Å². The average molecular weight is 615 g/mol. The van der Waals surface area contributed by atoms with Crippen molar-refractivity contribution >= 4 is 35.1 Å². The fourth-order valence-electron chi connectivity index (χ4n) is 4.64. The first kappa shape index (κ1) is 30.0. The van der Waals surface area contributed by atoms with Crippen molar-refractivity contribution in [3.05, 3.63) is 76.5 Å². The van der Waals surface area contributed by atoms with E-state index < -0.39 is 29.3 Å².